The van der Waals surface area contributed by atoms with E-state index in [0.717, 1.165) is 16.8 Å². The van der Waals surface area contributed by atoms with Crippen molar-refractivity contribution in [3.05, 3.63) is 40.5 Å². The van der Waals surface area contributed by atoms with Gasteiger partial charge in [-0.05, 0) is 18.2 Å². The molecule has 3 aromatic rings. The summed E-state index contributed by atoms with van der Waals surface area (Å²) in [5, 5.41) is 3.97. The van der Waals surface area contributed by atoms with Crippen LogP contribution < -0.4 is 10.1 Å². The van der Waals surface area contributed by atoms with Crippen molar-refractivity contribution in [2.45, 2.75) is 5.16 Å². The number of fused-ring (bicyclic) bond motifs is 1. The van der Waals surface area contributed by atoms with Gasteiger partial charge in [-0.1, -0.05) is 35.0 Å². The largest absolute Gasteiger partial charge is 0.497 e. The van der Waals surface area contributed by atoms with Gasteiger partial charge in [0.1, 0.15) is 5.75 Å². The lowest BCUT2D eigenvalue weighted by molar-refractivity contribution is -0.113. The van der Waals surface area contributed by atoms with Crippen LogP contribution >= 0.6 is 35.0 Å². The van der Waals surface area contributed by atoms with Crippen molar-refractivity contribution in [3.63, 3.8) is 0 Å². The highest BCUT2D eigenvalue weighted by atomic mass is 35.5. The first kappa shape index (κ1) is 16.9. The first-order valence-corrected chi connectivity index (χ1v) is 8.57. The second kappa shape index (κ2) is 7.29. The number of H-pyrrole nitrogens is 1. The highest BCUT2D eigenvalue weighted by Crippen LogP contribution is 2.25. The van der Waals surface area contributed by atoms with Crippen LogP contribution in [0.1, 0.15) is 0 Å². The zero-order valence-corrected chi connectivity index (χ0v) is 14.8. The number of pyridine rings is 1. The lowest BCUT2D eigenvalue weighted by Crippen LogP contribution is -2.15. The number of methoxy groups -OCH3 is 1. The second-order valence-corrected chi connectivity index (χ2v) is 6.55. The first-order chi connectivity index (χ1) is 11.5. The van der Waals surface area contributed by atoms with Crippen LogP contribution in [0, 0.1) is 0 Å². The van der Waals surface area contributed by atoms with E-state index in [0.29, 0.717) is 10.2 Å². The number of aromatic amines is 1. The van der Waals surface area contributed by atoms with Crippen LogP contribution in [0.3, 0.4) is 0 Å². The van der Waals surface area contributed by atoms with Gasteiger partial charge in [0.15, 0.2) is 11.0 Å². The van der Waals surface area contributed by atoms with E-state index >= 15 is 0 Å². The summed E-state index contributed by atoms with van der Waals surface area (Å²) >= 11 is 13.0. The fraction of sp³-hybridized carbons (Fsp3) is 0.133. The summed E-state index contributed by atoms with van der Waals surface area (Å²) in [6.45, 7) is 0. The van der Waals surface area contributed by atoms with Crippen molar-refractivity contribution in [1.29, 1.82) is 0 Å². The Morgan fingerprint density at radius 2 is 2.21 bits per heavy atom. The fourth-order valence-electron chi connectivity index (χ4n) is 1.97. The number of hydrogen-bond acceptors (Lipinski definition) is 5. The van der Waals surface area contributed by atoms with Crippen LogP contribution in [0.15, 0.2) is 35.6 Å². The summed E-state index contributed by atoms with van der Waals surface area (Å²) in [5.74, 6) is 0.942. The summed E-state index contributed by atoms with van der Waals surface area (Å²) in [6, 6.07) is 7.06. The summed E-state index contributed by atoms with van der Waals surface area (Å²) in [6.07, 6.45) is 1.42. The lowest BCUT2D eigenvalue weighted by Gasteiger charge is -2.05. The average molecular weight is 383 g/mol. The van der Waals surface area contributed by atoms with Gasteiger partial charge in [-0.25, -0.2) is 9.97 Å². The van der Waals surface area contributed by atoms with Crippen LogP contribution in [-0.2, 0) is 4.79 Å². The molecule has 24 heavy (non-hydrogen) atoms. The highest BCUT2D eigenvalue weighted by molar-refractivity contribution is 7.99. The number of ether oxygens (including phenoxy) is 1. The Labute approximate surface area is 151 Å². The van der Waals surface area contributed by atoms with Crippen molar-refractivity contribution in [2.75, 3.05) is 18.2 Å². The quantitative estimate of drug-likeness (QED) is 0.651. The Balaban J connectivity index is 1.63. The molecule has 124 valence electrons. The number of benzene rings is 1. The molecule has 1 aromatic carbocycles. The zero-order valence-electron chi connectivity index (χ0n) is 12.5. The molecule has 0 saturated carbocycles. The lowest BCUT2D eigenvalue weighted by atomic mass is 10.3. The van der Waals surface area contributed by atoms with Crippen molar-refractivity contribution < 1.29 is 9.53 Å². The summed E-state index contributed by atoms with van der Waals surface area (Å²) < 4.78 is 5.17. The summed E-state index contributed by atoms with van der Waals surface area (Å²) in [5.41, 5.74) is 1.65. The molecule has 0 bridgehead atoms. The number of hydrogen-bond donors (Lipinski definition) is 2. The number of carbonyl (C=O) groups is 1. The Kier molecular flexibility index (Phi) is 5.13. The van der Waals surface area contributed by atoms with Gasteiger partial charge in [0.25, 0.3) is 0 Å². The number of thioether (sulfide) groups is 1. The number of amides is 1. The van der Waals surface area contributed by atoms with Crippen LogP contribution in [0.4, 0.5) is 5.82 Å². The highest BCUT2D eigenvalue weighted by Gasteiger charge is 2.10. The third-order valence-corrected chi connectivity index (χ3v) is 4.44. The van der Waals surface area contributed by atoms with Gasteiger partial charge >= 0.3 is 0 Å². The number of imidazole rings is 1. The minimum absolute atomic E-state index is 0.164. The van der Waals surface area contributed by atoms with Crippen LogP contribution in [-0.4, -0.2) is 33.7 Å². The molecule has 3 rings (SSSR count). The first-order valence-electron chi connectivity index (χ1n) is 6.82. The fourth-order valence-corrected chi connectivity index (χ4v) is 3.08. The van der Waals surface area contributed by atoms with Crippen LogP contribution in [0.5, 0.6) is 5.75 Å². The molecular formula is C15H12Cl2N4O2S. The van der Waals surface area contributed by atoms with Crippen molar-refractivity contribution in [3.8, 4) is 5.75 Å². The molecule has 0 aliphatic heterocycles. The Morgan fingerprint density at radius 3 is 2.96 bits per heavy atom. The van der Waals surface area contributed by atoms with E-state index in [1.54, 1.807) is 7.11 Å². The minimum atomic E-state index is -0.241. The molecule has 0 atom stereocenters. The molecule has 0 radical (unpaired) electrons. The van der Waals surface area contributed by atoms with E-state index in [4.69, 9.17) is 27.9 Å². The third-order valence-electron chi connectivity index (χ3n) is 3.07. The molecule has 2 N–H and O–H groups in total. The van der Waals surface area contributed by atoms with Gasteiger partial charge in [0.05, 0.1) is 33.9 Å². The number of rotatable bonds is 5. The number of aromatic nitrogens is 3. The molecule has 0 aliphatic carbocycles. The molecular weight excluding hydrogens is 371 g/mol. The molecule has 0 spiro atoms. The summed E-state index contributed by atoms with van der Waals surface area (Å²) in [7, 11) is 1.60. The van der Waals surface area contributed by atoms with Crippen LogP contribution in [0.25, 0.3) is 11.0 Å². The molecule has 9 heteroatoms. The van der Waals surface area contributed by atoms with Gasteiger partial charge in [-0.2, -0.15) is 0 Å². The average Bonchev–Trinajstić information content (AvgIpc) is 2.97. The summed E-state index contributed by atoms with van der Waals surface area (Å²) in [4.78, 5) is 23.5. The van der Waals surface area contributed by atoms with E-state index in [2.05, 4.69) is 20.3 Å². The normalized spacial score (nSPS) is 10.8. The molecule has 2 aromatic heterocycles. The van der Waals surface area contributed by atoms with Gasteiger partial charge < -0.3 is 15.0 Å². The zero-order chi connectivity index (χ0) is 17.1. The molecule has 0 saturated heterocycles. The predicted molar refractivity (Wildman–Crippen MR) is 96.3 cm³/mol. The molecule has 1 amide bonds. The maximum atomic E-state index is 12.0. The standard InChI is InChI=1S/C15H12Cl2N4O2S/c1-23-9-2-3-11-12(5-9)20-15(19-11)24-7-13(22)21-14-10(17)4-8(16)6-18-14/h2-6H,7H2,1H3,(H,19,20)(H,18,21,22). The topological polar surface area (TPSA) is 79.9 Å². The van der Waals surface area contributed by atoms with E-state index < -0.39 is 0 Å². The van der Waals surface area contributed by atoms with Crippen molar-refractivity contribution >= 4 is 57.7 Å². The Hall–Kier alpha value is -1.96. The minimum Gasteiger partial charge on any atom is -0.497 e. The number of carbonyl (C=O) groups excluding carboxylic acids is 1. The Bertz CT molecular complexity index is 900. The van der Waals surface area contributed by atoms with Crippen molar-refractivity contribution in [1.82, 2.24) is 15.0 Å². The number of nitrogens with one attached hydrogen (secondary N) is 2. The number of halogens is 2. The maximum absolute atomic E-state index is 12.0. The second-order valence-electron chi connectivity index (χ2n) is 4.75. The SMILES string of the molecule is COc1ccc2nc(SCC(=O)Nc3ncc(Cl)cc3Cl)[nH]c2c1. The maximum Gasteiger partial charge on any atom is 0.236 e. The molecule has 6 nitrogen and oxygen atoms in total. The van der Waals surface area contributed by atoms with Gasteiger partial charge in [0, 0.05) is 12.3 Å². The number of anilines is 1. The van der Waals surface area contributed by atoms with E-state index in [1.807, 2.05) is 18.2 Å². The molecule has 0 unspecified atom stereocenters. The monoisotopic (exact) mass is 382 g/mol. The van der Waals surface area contributed by atoms with Crippen LogP contribution in [0.2, 0.25) is 10.0 Å². The Morgan fingerprint density at radius 1 is 1.38 bits per heavy atom. The van der Waals surface area contributed by atoms with E-state index in [-0.39, 0.29) is 22.5 Å². The van der Waals surface area contributed by atoms with E-state index in [9.17, 15) is 4.79 Å². The van der Waals surface area contributed by atoms with Crippen molar-refractivity contribution in [2.24, 2.45) is 0 Å². The smallest absolute Gasteiger partial charge is 0.236 e. The molecule has 0 fully saturated rings. The number of nitrogens with zero attached hydrogens (tertiary/aromatic N) is 2. The van der Waals surface area contributed by atoms with Gasteiger partial charge in [-0.15, -0.1) is 0 Å². The van der Waals surface area contributed by atoms with Gasteiger partial charge in [-0.3, -0.25) is 4.79 Å². The molecule has 2 heterocycles. The predicted octanol–water partition coefficient (Wildman–Crippen LogP) is 4.00. The third kappa shape index (κ3) is 3.92. The van der Waals surface area contributed by atoms with Gasteiger partial charge in [0.2, 0.25) is 5.91 Å². The van der Waals surface area contributed by atoms with E-state index in [1.165, 1.54) is 24.0 Å². The molecule has 0 aliphatic rings.